The van der Waals surface area contributed by atoms with Crippen molar-refractivity contribution < 1.29 is 4.79 Å². The number of carbonyl (C=O) groups excluding carboxylic acids is 1. The fraction of sp³-hybridized carbons (Fsp3) is 0.714. The van der Waals surface area contributed by atoms with Crippen LogP contribution in [0.3, 0.4) is 0 Å². The maximum Gasteiger partial charge on any atom is 0.223 e. The number of rotatable bonds is 3. The van der Waals surface area contributed by atoms with Crippen LogP contribution in [-0.4, -0.2) is 33.2 Å². The van der Waals surface area contributed by atoms with E-state index in [2.05, 4.69) is 12.0 Å². The molecule has 2 heterocycles. The molecule has 0 aromatic carbocycles. The zero-order valence-electron chi connectivity index (χ0n) is 12.1. The lowest BCUT2D eigenvalue weighted by atomic mass is 9.97. The summed E-state index contributed by atoms with van der Waals surface area (Å²) in [5.74, 6) is 0.225. The van der Waals surface area contributed by atoms with Gasteiger partial charge in [0.05, 0.1) is 11.7 Å². The van der Waals surface area contributed by atoms with E-state index in [9.17, 15) is 4.79 Å². The summed E-state index contributed by atoms with van der Waals surface area (Å²) in [7, 11) is 1.91. The van der Waals surface area contributed by atoms with Crippen molar-refractivity contribution in [3.63, 3.8) is 0 Å². The van der Waals surface area contributed by atoms with Crippen molar-refractivity contribution in [3.05, 3.63) is 17.5 Å². The second-order valence-corrected chi connectivity index (χ2v) is 5.43. The quantitative estimate of drug-likeness (QED) is 0.900. The highest BCUT2D eigenvalue weighted by molar-refractivity contribution is 5.77. The van der Waals surface area contributed by atoms with Crippen molar-refractivity contribution >= 4 is 5.91 Å². The zero-order valence-corrected chi connectivity index (χ0v) is 12.1. The van der Waals surface area contributed by atoms with Crippen LogP contribution >= 0.6 is 0 Å². The van der Waals surface area contributed by atoms with E-state index >= 15 is 0 Å². The molecule has 2 N–H and O–H groups in total. The normalized spacial score (nSPS) is 24.6. The Balaban J connectivity index is 2.40. The molecule has 1 aromatic rings. The molecule has 0 bridgehead atoms. The Morgan fingerprint density at radius 1 is 1.53 bits per heavy atom. The van der Waals surface area contributed by atoms with Crippen LogP contribution in [0, 0.1) is 6.92 Å². The molecule has 1 aliphatic heterocycles. The van der Waals surface area contributed by atoms with Gasteiger partial charge in [0, 0.05) is 37.8 Å². The number of aromatic nitrogens is 2. The molecule has 1 fully saturated rings. The Morgan fingerprint density at radius 3 is 2.84 bits per heavy atom. The van der Waals surface area contributed by atoms with Crippen LogP contribution in [0.5, 0.6) is 0 Å². The van der Waals surface area contributed by atoms with E-state index in [1.165, 1.54) is 0 Å². The summed E-state index contributed by atoms with van der Waals surface area (Å²) in [5.41, 5.74) is 8.41. The lowest BCUT2D eigenvalue weighted by molar-refractivity contribution is -0.133. The maximum atomic E-state index is 12.3. The van der Waals surface area contributed by atoms with Gasteiger partial charge < -0.3 is 10.6 Å². The fourth-order valence-electron chi connectivity index (χ4n) is 2.99. The molecule has 1 aliphatic rings. The van der Waals surface area contributed by atoms with Crippen molar-refractivity contribution in [2.45, 2.75) is 51.6 Å². The number of nitrogens with zero attached hydrogens (tertiary/aromatic N) is 3. The van der Waals surface area contributed by atoms with Crippen LogP contribution in [-0.2, 0) is 11.8 Å². The van der Waals surface area contributed by atoms with E-state index in [0.717, 1.165) is 37.1 Å². The Kier molecular flexibility index (Phi) is 4.24. The van der Waals surface area contributed by atoms with Crippen LogP contribution in [0.2, 0.25) is 0 Å². The summed E-state index contributed by atoms with van der Waals surface area (Å²) >= 11 is 0. The largest absolute Gasteiger partial charge is 0.334 e. The predicted octanol–water partition coefficient (Wildman–Crippen LogP) is 1.52. The first-order chi connectivity index (χ1) is 9.04. The first-order valence-corrected chi connectivity index (χ1v) is 7.09. The number of carbonyl (C=O) groups is 1. The monoisotopic (exact) mass is 264 g/mol. The number of likely N-dealkylation sites (tertiary alicyclic amines) is 1. The van der Waals surface area contributed by atoms with Crippen molar-refractivity contribution in [1.82, 2.24) is 14.7 Å². The highest BCUT2D eigenvalue weighted by Gasteiger charge is 2.34. The molecular weight excluding hydrogens is 240 g/mol. The molecule has 5 nitrogen and oxygen atoms in total. The van der Waals surface area contributed by atoms with Crippen molar-refractivity contribution in [2.24, 2.45) is 12.8 Å². The summed E-state index contributed by atoms with van der Waals surface area (Å²) in [5, 5.41) is 4.39. The van der Waals surface area contributed by atoms with Crippen LogP contribution in [0.4, 0.5) is 0 Å². The highest BCUT2D eigenvalue weighted by Crippen LogP contribution is 2.31. The molecule has 1 saturated heterocycles. The van der Waals surface area contributed by atoms with Gasteiger partial charge in [0.1, 0.15) is 0 Å². The third-order valence-electron chi connectivity index (χ3n) is 3.82. The first kappa shape index (κ1) is 14.1. The van der Waals surface area contributed by atoms with E-state index in [-0.39, 0.29) is 18.0 Å². The minimum atomic E-state index is -0.0244. The first-order valence-electron chi connectivity index (χ1n) is 7.09. The van der Waals surface area contributed by atoms with Gasteiger partial charge in [0.15, 0.2) is 0 Å². The lowest BCUT2D eigenvalue weighted by Gasteiger charge is -2.33. The lowest BCUT2D eigenvalue weighted by Crippen LogP contribution is -2.42. The minimum absolute atomic E-state index is 0.000833. The Bertz CT molecular complexity index is 454. The molecule has 2 unspecified atom stereocenters. The number of aryl methyl sites for hydroxylation is 2. The van der Waals surface area contributed by atoms with Crippen LogP contribution in [0.1, 0.15) is 49.9 Å². The van der Waals surface area contributed by atoms with E-state index in [0.29, 0.717) is 6.42 Å². The molecule has 2 rings (SSSR count). The van der Waals surface area contributed by atoms with E-state index in [4.69, 9.17) is 5.73 Å². The van der Waals surface area contributed by atoms with Crippen molar-refractivity contribution in [2.75, 3.05) is 6.54 Å². The Labute approximate surface area is 114 Å². The summed E-state index contributed by atoms with van der Waals surface area (Å²) in [6, 6.07) is -0.0236. The number of hydrogen-bond donors (Lipinski definition) is 1. The third kappa shape index (κ3) is 2.81. The number of amides is 1. The van der Waals surface area contributed by atoms with Crippen molar-refractivity contribution in [1.29, 1.82) is 0 Å². The molecule has 0 radical (unpaired) electrons. The SMILES string of the molecule is CCCN1C(=O)CCCC(N)C1c1cn(C)nc1C. The maximum absolute atomic E-state index is 12.3. The van der Waals surface area contributed by atoms with Gasteiger partial charge in [-0.05, 0) is 26.2 Å². The molecule has 2 atom stereocenters. The average molecular weight is 264 g/mol. The van der Waals surface area contributed by atoms with Gasteiger partial charge in [-0.25, -0.2) is 0 Å². The molecular formula is C14H24N4O. The summed E-state index contributed by atoms with van der Waals surface area (Å²) in [4.78, 5) is 14.3. The summed E-state index contributed by atoms with van der Waals surface area (Å²) in [6.45, 7) is 4.85. The standard InChI is InChI=1S/C14H24N4O/c1-4-8-18-13(19)7-5-6-12(15)14(18)11-9-17(3)16-10(11)2/h9,12,14H,4-8,15H2,1-3H3. The molecule has 1 aromatic heterocycles. The zero-order chi connectivity index (χ0) is 14.0. The molecule has 1 amide bonds. The van der Waals surface area contributed by atoms with E-state index in [1.807, 2.05) is 25.1 Å². The fourth-order valence-corrected chi connectivity index (χ4v) is 2.99. The third-order valence-corrected chi connectivity index (χ3v) is 3.82. The van der Waals surface area contributed by atoms with Crippen LogP contribution in [0.25, 0.3) is 0 Å². The average Bonchev–Trinajstić information content (AvgIpc) is 2.60. The van der Waals surface area contributed by atoms with E-state index < -0.39 is 0 Å². The topological polar surface area (TPSA) is 64.2 Å². The minimum Gasteiger partial charge on any atom is -0.334 e. The van der Waals surface area contributed by atoms with Gasteiger partial charge in [-0.15, -0.1) is 0 Å². The highest BCUT2D eigenvalue weighted by atomic mass is 16.2. The predicted molar refractivity (Wildman–Crippen MR) is 74.5 cm³/mol. The summed E-state index contributed by atoms with van der Waals surface area (Å²) in [6.07, 6.45) is 5.35. The van der Waals surface area contributed by atoms with Gasteiger partial charge in [-0.1, -0.05) is 6.92 Å². The van der Waals surface area contributed by atoms with E-state index in [1.54, 1.807) is 4.68 Å². The van der Waals surface area contributed by atoms with Crippen LogP contribution < -0.4 is 5.73 Å². The molecule has 0 aliphatic carbocycles. The molecule has 19 heavy (non-hydrogen) atoms. The van der Waals surface area contributed by atoms with Gasteiger partial charge in [-0.3, -0.25) is 9.48 Å². The summed E-state index contributed by atoms with van der Waals surface area (Å²) < 4.78 is 1.80. The molecule has 0 spiro atoms. The van der Waals surface area contributed by atoms with Crippen LogP contribution in [0.15, 0.2) is 6.20 Å². The van der Waals surface area contributed by atoms with Crippen molar-refractivity contribution in [3.8, 4) is 0 Å². The molecule has 0 saturated carbocycles. The van der Waals surface area contributed by atoms with Gasteiger partial charge in [0.25, 0.3) is 0 Å². The van der Waals surface area contributed by atoms with Gasteiger partial charge in [0.2, 0.25) is 5.91 Å². The smallest absolute Gasteiger partial charge is 0.223 e. The molecule has 5 heteroatoms. The Hall–Kier alpha value is -1.36. The number of nitrogens with two attached hydrogens (primary N) is 1. The molecule has 106 valence electrons. The second kappa shape index (κ2) is 5.74. The second-order valence-electron chi connectivity index (χ2n) is 5.43. The van der Waals surface area contributed by atoms with Gasteiger partial charge >= 0.3 is 0 Å². The Morgan fingerprint density at radius 2 is 2.26 bits per heavy atom. The number of hydrogen-bond acceptors (Lipinski definition) is 3. The van der Waals surface area contributed by atoms with Gasteiger partial charge in [-0.2, -0.15) is 5.10 Å².